The van der Waals surface area contributed by atoms with E-state index in [9.17, 15) is 4.79 Å². The molecule has 0 unspecified atom stereocenters. The highest BCUT2D eigenvalue weighted by atomic mass is 32.1. The number of anilines is 2. The molecule has 0 radical (unpaired) electrons. The molecule has 0 spiro atoms. The fraction of sp³-hybridized carbons (Fsp3) is 0.276. The summed E-state index contributed by atoms with van der Waals surface area (Å²) in [5.74, 6) is 0.706. The highest BCUT2D eigenvalue weighted by molar-refractivity contribution is 7.80. The van der Waals surface area contributed by atoms with Crippen LogP contribution in [0.1, 0.15) is 46.1 Å². The lowest BCUT2D eigenvalue weighted by atomic mass is 9.96. The molecule has 4 heterocycles. The van der Waals surface area contributed by atoms with Gasteiger partial charge in [-0.1, -0.05) is 6.07 Å². The van der Waals surface area contributed by atoms with Crippen LogP contribution >= 0.6 is 12.2 Å². The molecule has 1 fully saturated rings. The first-order chi connectivity index (χ1) is 18.4. The third-order valence-electron chi connectivity index (χ3n) is 6.96. The fourth-order valence-electron chi connectivity index (χ4n) is 5.13. The number of ether oxygens (including phenoxy) is 1. The normalized spacial score (nSPS) is 17.1. The number of aromatic nitrogens is 2. The van der Waals surface area contributed by atoms with Gasteiger partial charge in [0.05, 0.1) is 30.6 Å². The van der Waals surface area contributed by atoms with Crippen LogP contribution in [0.4, 0.5) is 11.4 Å². The average Bonchev–Trinajstić information content (AvgIpc) is 3.61. The van der Waals surface area contributed by atoms with E-state index in [4.69, 9.17) is 21.4 Å². The van der Waals surface area contributed by atoms with Gasteiger partial charge < -0.3 is 29.3 Å². The van der Waals surface area contributed by atoms with Crippen molar-refractivity contribution in [2.24, 2.45) is 0 Å². The quantitative estimate of drug-likeness (QED) is 0.303. The smallest absolute Gasteiger partial charge is 0.250 e. The summed E-state index contributed by atoms with van der Waals surface area (Å²) in [6, 6.07) is 17.7. The Balaban J connectivity index is 1.56. The van der Waals surface area contributed by atoms with Crippen molar-refractivity contribution in [2.45, 2.75) is 39.4 Å². The third-order valence-corrected chi connectivity index (χ3v) is 7.28. The number of hydrogen-bond donors (Lipinski definition) is 2. The number of benzene rings is 1. The van der Waals surface area contributed by atoms with E-state index in [2.05, 4.69) is 45.0 Å². The largest absolute Gasteiger partial charge is 0.467 e. The number of pyridine rings is 1. The highest BCUT2D eigenvalue weighted by Crippen LogP contribution is 2.44. The Bertz CT molecular complexity index is 1450. The van der Waals surface area contributed by atoms with E-state index < -0.39 is 0 Å². The van der Waals surface area contributed by atoms with Gasteiger partial charge in [0, 0.05) is 36.1 Å². The van der Waals surface area contributed by atoms with Crippen LogP contribution in [-0.4, -0.2) is 34.3 Å². The molecule has 1 aliphatic heterocycles. The molecule has 1 saturated heterocycles. The van der Waals surface area contributed by atoms with Gasteiger partial charge >= 0.3 is 0 Å². The van der Waals surface area contributed by atoms with Crippen molar-refractivity contribution in [3.63, 3.8) is 0 Å². The zero-order chi connectivity index (χ0) is 26.8. The van der Waals surface area contributed by atoms with Crippen LogP contribution in [0.3, 0.4) is 0 Å². The summed E-state index contributed by atoms with van der Waals surface area (Å²) in [5.41, 5.74) is 6.95. The maximum atomic E-state index is 12.1. The van der Waals surface area contributed by atoms with Gasteiger partial charge in [0.1, 0.15) is 12.4 Å². The van der Waals surface area contributed by atoms with E-state index in [-0.39, 0.29) is 24.6 Å². The van der Waals surface area contributed by atoms with Crippen LogP contribution in [0.2, 0.25) is 0 Å². The van der Waals surface area contributed by atoms with Crippen LogP contribution in [-0.2, 0) is 16.1 Å². The van der Waals surface area contributed by atoms with Gasteiger partial charge in [-0.05, 0) is 92.6 Å². The SMILES string of the molecule is COCC(=O)Nc1ccc(N2C(=S)N[C@H](c3ccccn3)[C@H]2c2cc(C)n(Cc3ccco3)c2C)cc1C. The molecule has 1 amide bonds. The second kappa shape index (κ2) is 10.8. The Morgan fingerprint density at radius 3 is 2.68 bits per heavy atom. The van der Waals surface area contributed by atoms with Crippen molar-refractivity contribution in [1.29, 1.82) is 0 Å². The minimum atomic E-state index is -0.196. The molecule has 5 rings (SSSR count). The number of nitrogens with zero attached hydrogens (tertiary/aromatic N) is 3. The van der Waals surface area contributed by atoms with Gasteiger partial charge in [-0.15, -0.1) is 0 Å². The molecule has 0 aliphatic carbocycles. The van der Waals surface area contributed by atoms with Crippen LogP contribution < -0.4 is 15.5 Å². The molecular weight excluding hydrogens is 498 g/mol. The molecule has 3 aromatic heterocycles. The summed E-state index contributed by atoms with van der Waals surface area (Å²) < 4.78 is 12.8. The molecular formula is C29H31N5O3S. The molecule has 9 heteroatoms. The number of hydrogen-bond acceptors (Lipinski definition) is 5. The van der Waals surface area contributed by atoms with Crippen molar-refractivity contribution < 1.29 is 13.9 Å². The summed E-state index contributed by atoms with van der Waals surface area (Å²) in [5, 5.41) is 7.06. The average molecular weight is 530 g/mol. The number of aryl methyl sites for hydroxylation is 2. The number of methoxy groups -OCH3 is 1. The number of carbonyl (C=O) groups is 1. The number of amides is 1. The first-order valence-corrected chi connectivity index (χ1v) is 12.9. The molecule has 0 saturated carbocycles. The van der Waals surface area contributed by atoms with Gasteiger partial charge in [-0.25, -0.2) is 0 Å². The van der Waals surface area contributed by atoms with Crippen molar-refractivity contribution in [3.8, 4) is 0 Å². The maximum Gasteiger partial charge on any atom is 0.250 e. The Labute approximate surface area is 227 Å². The van der Waals surface area contributed by atoms with Gasteiger partial charge in [-0.2, -0.15) is 0 Å². The highest BCUT2D eigenvalue weighted by Gasteiger charge is 2.42. The van der Waals surface area contributed by atoms with E-state index in [1.165, 1.54) is 7.11 Å². The van der Waals surface area contributed by atoms with Crippen LogP contribution in [0.15, 0.2) is 71.5 Å². The monoisotopic (exact) mass is 529 g/mol. The molecule has 1 aromatic carbocycles. The molecule has 2 atom stereocenters. The summed E-state index contributed by atoms with van der Waals surface area (Å²) in [6.07, 6.45) is 3.51. The summed E-state index contributed by atoms with van der Waals surface area (Å²) in [7, 11) is 1.50. The first-order valence-electron chi connectivity index (χ1n) is 12.5. The van der Waals surface area contributed by atoms with Gasteiger partial charge in [-0.3, -0.25) is 9.78 Å². The molecule has 1 aliphatic rings. The lowest BCUT2D eigenvalue weighted by molar-refractivity contribution is -0.119. The van der Waals surface area contributed by atoms with Gasteiger partial charge in [0.15, 0.2) is 5.11 Å². The molecule has 0 bridgehead atoms. The second-order valence-electron chi connectivity index (χ2n) is 9.47. The van der Waals surface area contributed by atoms with Crippen molar-refractivity contribution >= 4 is 34.6 Å². The minimum absolute atomic E-state index is 0.00275. The van der Waals surface area contributed by atoms with Crippen LogP contribution in [0.25, 0.3) is 0 Å². The molecule has 4 aromatic rings. The number of thiocarbonyl (C=S) groups is 1. The molecule has 196 valence electrons. The predicted molar refractivity (Wildman–Crippen MR) is 151 cm³/mol. The Hall–Kier alpha value is -3.95. The standard InChI is InChI=1S/C29H31N5O3S/c1-18-14-21(10-11-24(18)31-26(35)17-36-4)34-28(27(32-29(34)38)25-9-5-6-12-30-25)23-15-19(2)33(20(23)3)16-22-8-7-13-37-22/h5-15,27-28H,16-17H2,1-4H3,(H,31,35)(H,32,38)/t27-,28-/m1/s1. The number of nitrogens with one attached hydrogen (secondary N) is 2. The van der Waals surface area contributed by atoms with Crippen LogP contribution in [0, 0.1) is 20.8 Å². The number of furan rings is 1. The van der Waals surface area contributed by atoms with Crippen molar-refractivity contribution in [2.75, 3.05) is 23.9 Å². The van der Waals surface area contributed by atoms with Crippen LogP contribution in [0.5, 0.6) is 0 Å². The number of rotatable bonds is 8. The zero-order valence-electron chi connectivity index (χ0n) is 21.9. The zero-order valence-corrected chi connectivity index (χ0v) is 22.7. The Morgan fingerprint density at radius 1 is 1.16 bits per heavy atom. The second-order valence-corrected chi connectivity index (χ2v) is 9.86. The Kier molecular flexibility index (Phi) is 7.31. The number of carbonyl (C=O) groups excluding carboxylic acids is 1. The fourth-order valence-corrected chi connectivity index (χ4v) is 5.48. The van der Waals surface area contributed by atoms with Gasteiger partial charge in [0.25, 0.3) is 0 Å². The predicted octanol–water partition coefficient (Wildman–Crippen LogP) is 5.21. The Morgan fingerprint density at radius 2 is 2.00 bits per heavy atom. The van der Waals surface area contributed by atoms with E-state index >= 15 is 0 Å². The van der Waals surface area contributed by atoms with Crippen molar-refractivity contribution in [1.82, 2.24) is 14.9 Å². The minimum Gasteiger partial charge on any atom is -0.467 e. The van der Waals surface area contributed by atoms with Gasteiger partial charge in [0.2, 0.25) is 5.91 Å². The maximum absolute atomic E-state index is 12.1. The third kappa shape index (κ3) is 4.94. The topological polar surface area (TPSA) is 84.6 Å². The molecule has 8 nitrogen and oxygen atoms in total. The summed E-state index contributed by atoms with van der Waals surface area (Å²) >= 11 is 5.91. The molecule has 38 heavy (non-hydrogen) atoms. The summed E-state index contributed by atoms with van der Waals surface area (Å²) in [4.78, 5) is 18.9. The van der Waals surface area contributed by atoms with E-state index in [1.54, 1.807) is 6.26 Å². The molecule has 2 N–H and O–H groups in total. The van der Waals surface area contributed by atoms with E-state index in [0.29, 0.717) is 11.7 Å². The lowest BCUT2D eigenvalue weighted by Gasteiger charge is -2.29. The van der Waals surface area contributed by atoms with E-state index in [1.807, 2.05) is 61.7 Å². The van der Waals surface area contributed by atoms with E-state index in [0.717, 1.165) is 45.3 Å². The lowest BCUT2D eigenvalue weighted by Crippen LogP contribution is -2.29. The first kappa shape index (κ1) is 25.7. The summed E-state index contributed by atoms with van der Waals surface area (Å²) in [6.45, 7) is 6.88. The van der Waals surface area contributed by atoms with Crippen molar-refractivity contribution in [3.05, 3.63) is 101 Å².